The molecule has 5 rings (SSSR count). The Balaban J connectivity index is 1.33. The minimum absolute atomic E-state index is 0.0103. The predicted molar refractivity (Wildman–Crippen MR) is 115 cm³/mol. The number of thiophene rings is 1. The van der Waals surface area contributed by atoms with Crippen molar-refractivity contribution < 1.29 is 14.4 Å². The first-order valence-electron chi connectivity index (χ1n) is 10.9. The van der Waals surface area contributed by atoms with Gasteiger partial charge < -0.3 is 4.90 Å². The maximum absolute atomic E-state index is 13.3. The van der Waals surface area contributed by atoms with Gasteiger partial charge in [-0.05, 0) is 41.8 Å². The number of hydrogen-bond acceptors (Lipinski definition) is 4. The average Bonchev–Trinajstić information content (AvgIpc) is 3.35. The molecule has 3 heterocycles. The van der Waals surface area contributed by atoms with E-state index < -0.39 is 0 Å². The van der Waals surface area contributed by atoms with Gasteiger partial charge in [0.15, 0.2) is 0 Å². The van der Waals surface area contributed by atoms with Crippen LogP contribution in [0.4, 0.5) is 0 Å². The third-order valence-corrected chi connectivity index (χ3v) is 7.88. The van der Waals surface area contributed by atoms with E-state index in [2.05, 4.69) is 23.6 Å². The lowest BCUT2D eigenvalue weighted by Crippen LogP contribution is -2.42. The van der Waals surface area contributed by atoms with E-state index >= 15 is 0 Å². The van der Waals surface area contributed by atoms with Crippen LogP contribution in [0.3, 0.4) is 0 Å². The number of rotatable bonds is 4. The number of likely N-dealkylation sites (tertiary alicyclic amines) is 1. The van der Waals surface area contributed by atoms with Gasteiger partial charge in [0.2, 0.25) is 17.7 Å². The fourth-order valence-electron chi connectivity index (χ4n) is 5.38. The molecule has 30 heavy (non-hydrogen) atoms. The topological polar surface area (TPSA) is 57.7 Å². The van der Waals surface area contributed by atoms with E-state index in [1.165, 1.54) is 15.3 Å². The van der Waals surface area contributed by atoms with Gasteiger partial charge in [0, 0.05) is 24.4 Å². The van der Waals surface area contributed by atoms with Gasteiger partial charge in [-0.3, -0.25) is 19.3 Å². The number of carbonyl (C=O) groups is 3. The smallest absolute Gasteiger partial charge is 0.233 e. The molecule has 2 fully saturated rings. The number of carbonyl (C=O) groups excluding carboxylic acids is 3. The molecule has 1 saturated heterocycles. The van der Waals surface area contributed by atoms with Crippen LogP contribution in [-0.4, -0.2) is 40.6 Å². The molecule has 2 aliphatic heterocycles. The van der Waals surface area contributed by atoms with Crippen LogP contribution in [0.25, 0.3) is 0 Å². The number of benzene rings is 1. The summed E-state index contributed by atoms with van der Waals surface area (Å²) in [5.74, 6) is -0.411. The van der Waals surface area contributed by atoms with Crippen LogP contribution in [0.5, 0.6) is 0 Å². The molecule has 1 aromatic heterocycles. The third kappa shape index (κ3) is 3.27. The Kier molecular flexibility index (Phi) is 5.19. The second-order valence-electron chi connectivity index (χ2n) is 8.53. The van der Waals surface area contributed by atoms with Crippen molar-refractivity contribution in [2.45, 2.75) is 44.6 Å². The fourth-order valence-corrected chi connectivity index (χ4v) is 6.29. The standard InChI is InChI=1S/C24H26N2O3S/c27-21(11-14-26-23(28)17-8-4-5-9-18(17)24(26)29)25-13-10-20-19(12-15-30-20)22(25)16-6-2-1-3-7-16/h1-3,6-7,12,15,17-18,22H,4-5,8-11,13-14H2/t17-,18-,22+/m1/s1. The van der Waals surface area contributed by atoms with Crippen molar-refractivity contribution in [2.24, 2.45) is 11.8 Å². The molecule has 2 aromatic rings. The Morgan fingerprint density at radius 3 is 2.40 bits per heavy atom. The summed E-state index contributed by atoms with van der Waals surface area (Å²) in [6.45, 7) is 0.872. The zero-order valence-electron chi connectivity index (χ0n) is 17.0. The molecule has 3 aliphatic rings. The van der Waals surface area contributed by atoms with E-state index in [-0.39, 0.29) is 48.6 Å². The third-order valence-electron chi connectivity index (χ3n) is 6.88. The molecular weight excluding hydrogens is 396 g/mol. The number of fused-ring (bicyclic) bond motifs is 2. The lowest BCUT2D eigenvalue weighted by molar-refractivity contribution is -0.141. The van der Waals surface area contributed by atoms with E-state index in [0.717, 1.165) is 37.7 Å². The van der Waals surface area contributed by atoms with E-state index in [4.69, 9.17) is 0 Å². The zero-order valence-corrected chi connectivity index (χ0v) is 17.8. The Bertz CT molecular complexity index is 946. The Morgan fingerprint density at radius 1 is 1.00 bits per heavy atom. The first kappa shape index (κ1) is 19.5. The second kappa shape index (κ2) is 7.99. The molecule has 6 heteroatoms. The quantitative estimate of drug-likeness (QED) is 0.705. The van der Waals surface area contributed by atoms with Gasteiger partial charge in [0.05, 0.1) is 17.9 Å². The van der Waals surface area contributed by atoms with Gasteiger partial charge in [-0.2, -0.15) is 0 Å². The highest BCUT2D eigenvalue weighted by Crippen LogP contribution is 2.39. The lowest BCUT2D eigenvalue weighted by Gasteiger charge is -2.36. The largest absolute Gasteiger partial charge is 0.331 e. The molecule has 5 nitrogen and oxygen atoms in total. The summed E-state index contributed by atoms with van der Waals surface area (Å²) in [5.41, 5.74) is 2.30. The predicted octanol–water partition coefficient (Wildman–Crippen LogP) is 3.79. The average molecular weight is 423 g/mol. The highest BCUT2D eigenvalue weighted by Gasteiger charge is 2.48. The molecule has 1 saturated carbocycles. The SMILES string of the molecule is O=C1[C@@H]2CCCC[C@H]2C(=O)N1CCC(=O)N1CCc2sccc2[C@@H]1c1ccccc1. The van der Waals surface area contributed by atoms with E-state index in [9.17, 15) is 14.4 Å². The maximum Gasteiger partial charge on any atom is 0.233 e. The number of hydrogen-bond donors (Lipinski definition) is 0. The van der Waals surface area contributed by atoms with Crippen molar-refractivity contribution in [3.8, 4) is 0 Å². The molecule has 1 aromatic carbocycles. The Morgan fingerprint density at radius 2 is 1.70 bits per heavy atom. The maximum atomic E-state index is 13.3. The van der Waals surface area contributed by atoms with Gasteiger partial charge in [-0.1, -0.05) is 43.2 Å². The Labute approximate surface area is 180 Å². The van der Waals surface area contributed by atoms with Crippen LogP contribution >= 0.6 is 11.3 Å². The monoisotopic (exact) mass is 422 g/mol. The van der Waals surface area contributed by atoms with Crippen LogP contribution in [0.1, 0.15) is 54.1 Å². The van der Waals surface area contributed by atoms with E-state index in [0.29, 0.717) is 6.54 Å². The fraction of sp³-hybridized carbons (Fsp3) is 0.458. The summed E-state index contributed by atoms with van der Waals surface area (Å²) in [4.78, 5) is 43.4. The van der Waals surface area contributed by atoms with E-state index in [1.54, 1.807) is 11.3 Å². The summed E-state index contributed by atoms with van der Waals surface area (Å²) >= 11 is 1.75. The molecule has 3 atom stereocenters. The van der Waals surface area contributed by atoms with Gasteiger partial charge in [-0.15, -0.1) is 11.3 Å². The molecule has 3 amide bonds. The molecule has 0 N–H and O–H groups in total. The van der Waals surface area contributed by atoms with Gasteiger partial charge in [-0.25, -0.2) is 0 Å². The normalized spacial score (nSPS) is 25.9. The van der Waals surface area contributed by atoms with Crippen molar-refractivity contribution in [1.29, 1.82) is 0 Å². The lowest BCUT2D eigenvalue weighted by atomic mass is 9.81. The second-order valence-corrected chi connectivity index (χ2v) is 9.53. The van der Waals surface area contributed by atoms with Gasteiger partial charge in [0.1, 0.15) is 0 Å². The highest BCUT2D eigenvalue weighted by atomic mass is 32.1. The molecule has 0 spiro atoms. The molecular formula is C24H26N2O3S. The summed E-state index contributed by atoms with van der Waals surface area (Å²) in [5, 5.41) is 2.10. The summed E-state index contributed by atoms with van der Waals surface area (Å²) in [7, 11) is 0. The summed E-state index contributed by atoms with van der Waals surface area (Å²) in [6.07, 6.45) is 4.70. The number of amides is 3. The van der Waals surface area contributed by atoms with Crippen molar-refractivity contribution in [1.82, 2.24) is 9.80 Å². The van der Waals surface area contributed by atoms with Crippen LogP contribution in [0.2, 0.25) is 0 Å². The summed E-state index contributed by atoms with van der Waals surface area (Å²) < 4.78 is 0. The first-order chi connectivity index (χ1) is 14.6. The van der Waals surface area contributed by atoms with Crippen molar-refractivity contribution in [3.63, 3.8) is 0 Å². The number of nitrogens with zero attached hydrogens (tertiary/aromatic N) is 2. The van der Waals surface area contributed by atoms with Gasteiger partial charge in [0.25, 0.3) is 0 Å². The van der Waals surface area contributed by atoms with Crippen LogP contribution in [0, 0.1) is 11.8 Å². The molecule has 0 bridgehead atoms. The zero-order chi connectivity index (χ0) is 20.7. The van der Waals surface area contributed by atoms with Crippen molar-refractivity contribution >= 4 is 29.1 Å². The van der Waals surface area contributed by atoms with Crippen molar-refractivity contribution in [2.75, 3.05) is 13.1 Å². The molecule has 1 aliphatic carbocycles. The van der Waals surface area contributed by atoms with Crippen LogP contribution in [-0.2, 0) is 20.8 Å². The Hall–Kier alpha value is -2.47. The number of imide groups is 1. The first-order valence-corrected chi connectivity index (χ1v) is 11.8. The van der Waals surface area contributed by atoms with Crippen LogP contribution < -0.4 is 0 Å². The molecule has 0 radical (unpaired) electrons. The molecule has 156 valence electrons. The molecule has 0 unspecified atom stereocenters. The minimum Gasteiger partial charge on any atom is -0.331 e. The van der Waals surface area contributed by atoms with E-state index in [1.807, 2.05) is 23.1 Å². The van der Waals surface area contributed by atoms with Crippen molar-refractivity contribution in [3.05, 3.63) is 57.8 Å². The minimum atomic E-state index is -0.151. The summed E-state index contributed by atoms with van der Waals surface area (Å²) in [6, 6.07) is 12.1. The highest BCUT2D eigenvalue weighted by molar-refractivity contribution is 7.10. The van der Waals surface area contributed by atoms with Crippen LogP contribution in [0.15, 0.2) is 41.8 Å². The van der Waals surface area contributed by atoms with Gasteiger partial charge >= 0.3 is 0 Å².